The van der Waals surface area contributed by atoms with E-state index in [1.165, 1.54) is 0 Å². The van der Waals surface area contributed by atoms with Gasteiger partial charge in [0.1, 0.15) is 5.69 Å². The van der Waals surface area contributed by atoms with Crippen molar-refractivity contribution in [3.8, 4) is 23.0 Å². The smallest absolute Gasteiger partial charge is 0.260 e. The van der Waals surface area contributed by atoms with Gasteiger partial charge in [-0.2, -0.15) is 4.98 Å². The molecule has 0 aliphatic rings. The minimum absolute atomic E-state index is 0.353. The number of nitrogens with two attached hydrogens (primary N) is 1. The molecule has 0 unspecified atom stereocenters. The van der Waals surface area contributed by atoms with Gasteiger partial charge < -0.3 is 10.3 Å². The van der Waals surface area contributed by atoms with Crippen LogP contribution in [-0.4, -0.2) is 15.1 Å². The summed E-state index contributed by atoms with van der Waals surface area (Å²) in [6, 6.07) is 7.34. The van der Waals surface area contributed by atoms with Gasteiger partial charge in [0, 0.05) is 25.3 Å². The first kappa shape index (κ1) is 14.7. The molecule has 0 fully saturated rings. The molecule has 3 aromatic rings. The average molecular weight is 475 g/mol. The highest BCUT2D eigenvalue weighted by atomic mass is 79.9. The summed E-state index contributed by atoms with van der Waals surface area (Å²) in [7, 11) is 0. The standard InChI is InChI=1S/C13H7Br3N4O/c14-6-1-2-8(10(17)4-6)13-19-12(20-21-13)11-9(16)3-7(15)5-18-11/h1-5H,17H2. The second-order valence-electron chi connectivity index (χ2n) is 4.14. The lowest BCUT2D eigenvalue weighted by atomic mass is 10.2. The molecule has 8 heteroatoms. The number of rotatable bonds is 2. The molecule has 21 heavy (non-hydrogen) atoms. The minimum Gasteiger partial charge on any atom is -0.398 e. The van der Waals surface area contributed by atoms with E-state index < -0.39 is 0 Å². The van der Waals surface area contributed by atoms with Crippen LogP contribution in [0.2, 0.25) is 0 Å². The SMILES string of the molecule is Nc1cc(Br)ccc1-c1nc(-c2ncc(Br)cc2Br)no1. The number of anilines is 1. The van der Waals surface area contributed by atoms with Crippen LogP contribution < -0.4 is 5.73 Å². The van der Waals surface area contributed by atoms with E-state index in [-0.39, 0.29) is 0 Å². The van der Waals surface area contributed by atoms with Gasteiger partial charge in [0.25, 0.3) is 5.89 Å². The van der Waals surface area contributed by atoms with Crippen molar-refractivity contribution >= 4 is 53.5 Å². The minimum atomic E-state index is 0.353. The van der Waals surface area contributed by atoms with E-state index in [4.69, 9.17) is 10.3 Å². The summed E-state index contributed by atoms with van der Waals surface area (Å²) in [4.78, 5) is 8.62. The predicted octanol–water partition coefficient (Wildman–Crippen LogP) is 4.67. The first-order valence-corrected chi connectivity index (χ1v) is 8.13. The third-order valence-corrected chi connectivity index (χ3v) is 4.22. The number of benzene rings is 1. The number of aromatic nitrogens is 3. The molecule has 0 bridgehead atoms. The van der Waals surface area contributed by atoms with Crippen LogP contribution in [-0.2, 0) is 0 Å². The van der Waals surface area contributed by atoms with Gasteiger partial charge in [0.2, 0.25) is 5.82 Å². The Balaban J connectivity index is 2.03. The molecule has 0 spiro atoms. The molecular formula is C13H7Br3N4O. The Hall–Kier alpha value is -1.25. The van der Waals surface area contributed by atoms with Crippen LogP contribution in [0, 0.1) is 0 Å². The molecule has 5 nitrogen and oxygen atoms in total. The summed E-state index contributed by atoms with van der Waals surface area (Å²) in [5.41, 5.74) is 7.81. The van der Waals surface area contributed by atoms with Crippen LogP contribution in [0.5, 0.6) is 0 Å². The molecule has 2 heterocycles. The molecule has 3 rings (SSSR count). The fourth-order valence-corrected chi connectivity index (χ4v) is 3.28. The second-order valence-corrected chi connectivity index (χ2v) is 6.82. The molecule has 0 atom stereocenters. The summed E-state index contributed by atoms with van der Waals surface area (Å²) in [5, 5.41) is 3.96. The summed E-state index contributed by atoms with van der Waals surface area (Å²) < 4.78 is 7.80. The summed E-state index contributed by atoms with van der Waals surface area (Å²) >= 11 is 10.1. The van der Waals surface area contributed by atoms with Gasteiger partial charge in [-0.25, -0.2) is 0 Å². The van der Waals surface area contributed by atoms with Crippen LogP contribution in [0.4, 0.5) is 5.69 Å². The third kappa shape index (κ3) is 3.02. The topological polar surface area (TPSA) is 77.8 Å². The Kier molecular flexibility index (Phi) is 4.10. The summed E-state index contributed by atoms with van der Waals surface area (Å²) in [6.45, 7) is 0. The van der Waals surface area contributed by atoms with E-state index in [1.807, 2.05) is 18.2 Å². The van der Waals surface area contributed by atoms with Gasteiger partial charge in [-0.3, -0.25) is 4.98 Å². The summed E-state index contributed by atoms with van der Waals surface area (Å²) in [5.74, 6) is 0.748. The number of nitrogens with zero attached hydrogens (tertiary/aromatic N) is 3. The fraction of sp³-hybridized carbons (Fsp3) is 0. The maximum absolute atomic E-state index is 5.96. The highest BCUT2D eigenvalue weighted by molar-refractivity contribution is 9.11. The van der Waals surface area contributed by atoms with Crippen LogP contribution in [0.3, 0.4) is 0 Å². The van der Waals surface area contributed by atoms with Crippen molar-refractivity contribution in [1.82, 2.24) is 15.1 Å². The van der Waals surface area contributed by atoms with Crippen molar-refractivity contribution in [3.05, 3.63) is 43.9 Å². The molecule has 0 aliphatic carbocycles. The first-order chi connectivity index (χ1) is 10.0. The van der Waals surface area contributed by atoms with E-state index in [2.05, 4.69) is 62.9 Å². The maximum Gasteiger partial charge on any atom is 0.260 e. The predicted molar refractivity (Wildman–Crippen MR) is 90.5 cm³/mol. The maximum atomic E-state index is 5.96. The van der Waals surface area contributed by atoms with Crippen molar-refractivity contribution in [2.75, 3.05) is 5.73 Å². The fourth-order valence-electron chi connectivity index (χ4n) is 1.74. The molecule has 0 saturated heterocycles. The van der Waals surface area contributed by atoms with Crippen molar-refractivity contribution in [3.63, 3.8) is 0 Å². The highest BCUT2D eigenvalue weighted by Crippen LogP contribution is 2.31. The van der Waals surface area contributed by atoms with Crippen LogP contribution in [0.15, 0.2) is 48.4 Å². The number of hydrogen-bond acceptors (Lipinski definition) is 5. The monoisotopic (exact) mass is 472 g/mol. The summed E-state index contributed by atoms with van der Waals surface area (Å²) in [6.07, 6.45) is 1.67. The van der Waals surface area contributed by atoms with Gasteiger partial charge in [-0.15, -0.1) is 0 Å². The largest absolute Gasteiger partial charge is 0.398 e. The molecule has 0 amide bonds. The Morgan fingerprint density at radius 3 is 2.57 bits per heavy atom. The Bertz CT molecular complexity index is 753. The van der Waals surface area contributed by atoms with E-state index in [1.54, 1.807) is 12.3 Å². The van der Waals surface area contributed by atoms with Gasteiger partial charge in [-0.05, 0) is 56.1 Å². The number of hydrogen-bond donors (Lipinski definition) is 1. The van der Waals surface area contributed by atoms with Crippen molar-refractivity contribution in [1.29, 1.82) is 0 Å². The van der Waals surface area contributed by atoms with Crippen molar-refractivity contribution < 1.29 is 4.52 Å². The lowest BCUT2D eigenvalue weighted by Gasteiger charge is -2.00. The molecular weight excluding hydrogens is 468 g/mol. The quantitative estimate of drug-likeness (QED) is 0.546. The lowest BCUT2D eigenvalue weighted by molar-refractivity contribution is 0.432. The van der Waals surface area contributed by atoms with Crippen LogP contribution >= 0.6 is 47.8 Å². The van der Waals surface area contributed by atoms with Gasteiger partial charge in [-0.1, -0.05) is 21.1 Å². The molecule has 0 aliphatic heterocycles. The average Bonchev–Trinajstić information content (AvgIpc) is 2.87. The number of nitrogen functional groups attached to an aromatic ring is 1. The van der Waals surface area contributed by atoms with Crippen LogP contribution in [0.25, 0.3) is 23.0 Å². The van der Waals surface area contributed by atoms with Gasteiger partial charge >= 0.3 is 0 Å². The van der Waals surface area contributed by atoms with E-state index in [0.717, 1.165) is 13.4 Å². The molecule has 2 N–H and O–H groups in total. The molecule has 0 radical (unpaired) electrons. The van der Waals surface area contributed by atoms with Crippen molar-refractivity contribution in [2.45, 2.75) is 0 Å². The number of pyridine rings is 1. The molecule has 0 saturated carbocycles. The zero-order valence-corrected chi connectivity index (χ0v) is 15.1. The van der Waals surface area contributed by atoms with Crippen LogP contribution in [0.1, 0.15) is 0 Å². The zero-order valence-electron chi connectivity index (χ0n) is 10.3. The van der Waals surface area contributed by atoms with Gasteiger partial charge in [0.05, 0.1) is 5.56 Å². The van der Waals surface area contributed by atoms with E-state index in [0.29, 0.717) is 28.7 Å². The Morgan fingerprint density at radius 2 is 1.86 bits per heavy atom. The Morgan fingerprint density at radius 1 is 1.05 bits per heavy atom. The second kappa shape index (κ2) is 5.86. The molecule has 106 valence electrons. The third-order valence-electron chi connectivity index (χ3n) is 2.69. The van der Waals surface area contributed by atoms with Gasteiger partial charge in [0.15, 0.2) is 0 Å². The number of halogens is 3. The zero-order chi connectivity index (χ0) is 15.0. The lowest BCUT2D eigenvalue weighted by Crippen LogP contribution is -1.91. The first-order valence-electron chi connectivity index (χ1n) is 5.75. The van der Waals surface area contributed by atoms with E-state index >= 15 is 0 Å². The Labute approximate surface area is 145 Å². The normalized spacial score (nSPS) is 10.8. The highest BCUT2D eigenvalue weighted by Gasteiger charge is 2.16. The van der Waals surface area contributed by atoms with E-state index in [9.17, 15) is 0 Å². The molecule has 2 aromatic heterocycles. The molecule has 1 aromatic carbocycles. The van der Waals surface area contributed by atoms with Crippen molar-refractivity contribution in [2.24, 2.45) is 0 Å².